The fraction of sp³-hybridized carbons (Fsp3) is 0.304. The normalized spacial score (nSPS) is 17.1. The minimum Gasteiger partial charge on any atom is -0.370 e. The number of aliphatic imine (C=N–C) groups is 1. The van der Waals surface area contributed by atoms with Gasteiger partial charge in [0.2, 0.25) is 0 Å². The van der Waals surface area contributed by atoms with Crippen LogP contribution >= 0.6 is 24.0 Å². The van der Waals surface area contributed by atoms with E-state index >= 15 is 0 Å². The van der Waals surface area contributed by atoms with Gasteiger partial charge in [0, 0.05) is 31.7 Å². The Morgan fingerprint density at radius 1 is 1.17 bits per heavy atom. The lowest BCUT2D eigenvalue weighted by atomic mass is 10.0. The zero-order valence-electron chi connectivity index (χ0n) is 16.8. The van der Waals surface area contributed by atoms with Gasteiger partial charge in [-0.05, 0) is 35.7 Å². The molecule has 6 heteroatoms. The van der Waals surface area contributed by atoms with Crippen LogP contribution in [0.4, 0.5) is 0 Å². The van der Waals surface area contributed by atoms with Crippen LogP contribution in [0.3, 0.4) is 0 Å². The molecule has 2 aromatic carbocycles. The van der Waals surface area contributed by atoms with Gasteiger partial charge in [-0.3, -0.25) is 9.98 Å². The van der Waals surface area contributed by atoms with Crippen LogP contribution < -0.4 is 5.32 Å². The minimum absolute atomic E-state index is 0. The highest BCUT2D eigenvalue weighted by Crippen LogP contribution is 2.25. The molecule has 2 heterocycles. The zero-order chi connectivity index (χ0) is 19.3. The Kier molecular flexibility index (Phi) is 7.44. The lowest BCUT2D eigenvalue weighted by Gasteiger charge is -2.35. The molecule has 0 bridgehead atoms. The molecule has 0 aliphatic carbocycles. The van der Waals surface area contributed by atoms with Gasteiger partial charge in [0.05, 0.1) is 18.7 Å². The summed E-state index contributed by atoms with van der Waals surface area (Å²) in [7, 11) is 1.84. The van der Waals surface area contributed by atoms with Crippen molar-refractivity contribution in [3.63, 3.8) is 0 Å². The summed E-state index contributed by atoms with van der Waals surface area (Å²) in [4.78, 5) is 11.2. The van der Waals surface area contributed by atoms with Crippen LogP contribution in [-0.4, -0.2) is 42.6 Å². The van der Waals surface area contributed by atoms with Crippen molar-refractivity contribution in [3.8, 4) is 0 Å². The van der Waals surface area contributed by atoms with E-state index in [4.69, 9.17) is 4.74 Å². The number of ether oxygens (including phenoxy) is 1. The Balaban J connectivity index is 0.00000240. The molecule has 3 aromatic rings. The van der Waals surface area contributed by atoms with E-state index in [-0.39, 0.29) is 30.1 Å². The number of rotatable bonds is 3. The fourth-order valence-electron chi connectivity index (χ4n) is 3.79. The lowest BCUT2D eigenvalue weighted by molar-refractivity contribution is -0.00833. The Morgan fingerprint density at radius 3 is 2.79 bits per heavy atom. The number of halogens is 1. The van der Waals surface area contributed by atoms with Gasteiger partial charge >= 0.3 is 0 Å². The van der Waals surface area contributed by atoms with Crippen molar-refractivity contribution in [1.29, 1.82) is 0 Å². The summed E-state index contributed by atoms with van der Waals surface area (Å²) in [5.41, 5.74) is 4.75. The maximum Gasteiger partial charge on any atom is 0.194 e. The quantitative estimate of drug-likeness (QED) is 0.330. The van der Waals surface area contributed by atoms with Crippen molar-refractivity contribution < 1.29 is 4.74 Å². The van der Waals surface area contributed by atoms with E-state index in [0.717, 1.165) is 24.6 Å². The number of aryl methyl sites for hydroxylation is 1. The first-order chi connectivity index (χ1) is 13.8. The van der Waals surface area contributed by atoms with Gasteiger partial charge in [0.25, 0.3) is 0 Å². The Morgan fingerprint density at radius 2 is 1.97 bits per heavy atom. The van der Waals surface area contributed by atoms with Crippen LogP contribution in [0.2, 0.25) is 0 Å². The number of hydrogen-bond acceptors (Lipinski definition) is 3. The molecule has 1 aliphatic heterocycles. The Hall–Kier alpha value is -2.19. The van der Waals surface area contributed by atoms with Crippen molar-refractivity contribution in [3.05, 3.63) is 77.5 Å². The molecule has 152 valence electrons. The SMILES string of the molecule is CN=C(NCc1ccnc2ccccc12)N1CCOC(c2ccccc2C)C1.I. The van der Waals surface area contributed by atoms with Crippen LogP contribution in [0.1, 0.15) is 22.8 Å². The summed E-state index contributed by atoms with van der Waals surface area (Å²) in [5.74, 6) is 0.905. The van der Waals surface area contributed by atoms with Gasteiger partial charge in [0.1, 0.15) is 6.10 Å². The molecule has 0 radical (unpaired) electrons. The highest BCUT2D eigenvalue weighted by molar-refractivity contribution is 14.0. The third-order valence-corrected chi connectivity index (χ3v) is 5.29. The molecule has 1 saturated heterocycles. The number of para-hydroxylation sites is 1. The van der Waals surface area contributed by atoms with Gasteiger partial charge in [-0.25, -0.2) is 0 Å². The Labute approximate surface area is 189 Å². The summed E-state index contributed by atoms with van der Waals surface area (Å²) in [5, 5.41) is 4.70. The van der Waals surface area contributed by atoms with Gasteiger partial charge in [-0.2, -0.15) is 0 Å². The maximum atomic E-state index is 6.06. The van der Waals surface area contributed by atoms with Crippen LogP contribution in [0, 0.1) is 6.92 Å². The van der Waals surface area contributed by atoms with Crippen molar-refractivity contribution >= 4 is 40.8 Å². The number of pyridine rings is 1. The number of benzene rings is 2. The smallest absolute Gasteiger partial charge is 0.194 e. The van der Waals surface area contributed by atoms with Gasteiger partial charge < -0.3 is 15.0 Å². The highest BCUT2D eigenvalue weighted by atomic mass is 127. The van der Waals surface area contributed by atoms with Gasteiger partial charge in [0.15, 0.2) is 5.96 Å². The summed E-state index contributed by atoms with van der Waals surface area (Å²) in [6, 6.07) is 18.7. The van der Waals surface area contributed by atoms with E-state index in [2.05, 4.69) is 69.6 Å². The molecule has 1 aromatic heterocycles. The van der Waals surface area contributed by atoms with E-state index in [1.54, 1.807) is 0 Å². The molecule has 1 N–H and O–H groups in total. The largest absolute Gasteiger partial charge is 0.370 e. The molecule has 5 nitrogen and oxygen atoms in total. The van der Waals surface area contributed by atoms with Crippen molar-refractivity contribution in [2.75, 3.05) is 26.7 Å². The number of aromatic nitrogens is 1. The molecular weight excluding hydrogens is 475 g/mol. The van der Waals surface area contributed by atoms with Gasteiger partial charge in [-0.1, -0.05) is 42.5 Å². The Bertz CT molecular complexity index is 986. The minimum atomic E-state index is 0. The molecule has 1 atom stereocenters. The molecular formula is C23H27IN4O. The summed E-state index contributed by atoms with van der Waals surface area (Å²) in [6.45, 7) is 5.17. The monoisotopic (exact) mass is 502 g/mol. The molecule has 0 spiro atoms. The molecule has 29 heavy (non-hydrogen) atoms. The molecule has 1 aliphatic rings. The number of nitrogens with one attached hydrogen (secondary N) is 1. The second kappa shape index (κ2) is 10.0. The summed E-state index contributed by atoms with van der Waals surface area (Å²) in [6.07, 6.45) is 1.93. The number of guanidine groups is 1. The van der Waals surface area contributed by atoms with E-state index in [9.17, 15) is 0 Å². The number of morpholine rings is 1. The third kappa shape index (κ3) is 4.87. The molecule has 4 rings (SSSR count). The average molecular weight is 502 g/mol. The topological polar surface area (TPSA) is 49.8 Å². The number of nitrogens with zero attached hydrogens (tertiary/aromatic N) is 3. The van der Waals surface area contributed by atoms with E-state index in [0.29, 0.717) is 13.2 Å². The van der Waals surface area contributed by atoms with Crippen LogP contribution in [-0.2, 0) is 11.3 Å². The lowest BCUT2D eigenvalue weighted by Crippen LogP contribution is -2.48. The molecule has 1 fully saturated rings. The standard InChI is InChI=1S/C23H26N4O.HI/c1-17-7-3-4-8-19(17)22-16-27(13-14-28-22)23(24-2)26-15-18-11-12-25-21-10-6-5-9-20(18)21;/h3-12,22H,13-16H2,1-2H3,(H,24,26);1H. The van der Waals surface area contributed by atoms with Gasteiger partial charge in [-0.15, -0.1) is 24.0 Å². The zero-order valence-corrected chi connectivity index (χ0v) is 19.2. The molecule has 0 saturated carbocycles. The second-order valence-electron chi connectivity index (χ2n) is 7.05. The average Bonchev–Trinajstić information content (AvgIpc) is 2.75. The predicted molar refractivity (Wildman–Crippen MR) is 129 cm³/mol. The molecule has 0 amide bonds. The van der Waals surface area contributed by atoms with Crippen molar-refractivity contribution in [2.24, 2.45) is 4.99 Å². The maximum absolute atomic E-state index is 6.06. The van der Waals surface area contributed by atoms with Crippen LogP contribution in [0.15, 0.2) is 65.8 Å². The highest BCUT2D eigenvalue weighted by Gasteiger charge is 2.25. The van der Waals surface area contributed by atoms with Crippen molar-refractivity contribution in [1.82, 2.24) is 15.2 Å². The van der Waals surface area contributed by atoms with E-state index in [1.807, 2.05) is 25.4 Å². The van der Waals surface area contributed by atoms with E-state index < -0.39 is 0 Å². The third-order valence-electron chi connectivity index (χ3n) is 5.29. The fourth-order valence-corrected chi connectivity index (χ4v) is 3.79. The van der Waals surface area contributed by atoms with E-state index in [1.165, 1.54) is 22.1 Å². The number of fused-ring (bicyclic) bond motifs is 1. The summed E-state index contributed by atoms with van der Waals surface area (Å²) >= 11 is 0. The van der Waals surface area contributed by atoms with Crippen LogP contribution in [0.25, 0.3) is 10.9 Å². The second-order valence-corrected chi connectivity index (χ2v) is 7.05. The molecule has 1 unspecified atom stereocenters. The first-order valence-corrected chi connectivity index (χ1v) is 9.71. The predicted octanol–water partition coefficient (Wildman–Crippen LogP) is 4.31. The number of hydrogen-bond donors (Lipinski definition) is 1. The first kappa shape index (κ1) is 21.5. The van der Waals surface area contributed by atoms with Crippen molar-refractivity contribution in [2.45, 2.75) is 19.6 Å². The first-order valence-electron chi connectivity index (χ1n) is 9.71. The van der Waals surface area contributed by atoms with Crippen LogP contribution in [0.5, 0.6) is 0 Å². The summed E-state index contributed by atoms with van der Waals surface area (Å²) < 4.78 is 6.06.